The van der Waals surface area contributed by atoms with Gasteiger partial charge in [0.25, 0.3) is 0 Å². The lowest BCUT2D eigenvalue weighted by Crippen LogP contribution is -2.60. The zero-order chi connectivity index (χ0) is 12.3. The molecule has 2 aliphatic heterocycles. The normalized spacial score (nSPS) is 26.3. The number of ether oxygens (including phenoxy) is 1. The van der Waals surface area contributed by atoms with E-state index in [1.54, 1.807) is 0 Å². The van der Waals surface area contributed by atoms with E-state index in [0.717, 1.165) is 45.6 Å². The first-order chi connectivity index (χ1) is 8.20. The molecule has 4 heteroatoms. The Kier molecular flexibility index (Phi) is 4.05. The molecular formula is C13H24N2O2. The Hall–Kier alpha value is -0.610. The molecule has 98 valence electrons. The number of hydrogen-bond donors (Lipinski definition) is 1. The van der Waals surface area contributed by atoms with E-state index in [0.29, 0.717) is 6.42 Å². The van der Waals surface area contributed by atoms with E-state index in [4.69, 9.17) is 4.74 Å². The molecule has 1 unspecified atom stereocenters. The summed E-state index contributed by atoms with van der Waals surface area (Å²) in [5.74, 6) is -0.00977. The molecule has 0 aromatic carbocycles. The molecule has 2 aliphatic rings. The highest BCUT2D eigenvalue weighted by Gasteiger charge is 2.53. The van der Waals surface area contributed by atoms with Crippen molar-refractivity contribution in [3.8, 4) is 0 Å². The van der Waals surface area contributed by atoms with E-state index >= 15 is 0 Å². The van der Waals surface area contributed by atoms with Gasteiger partial charge in [0.05, 0.1) is 6.42 Å². The standard InChI is InChI=1S/C13H24N2O2/c1-3-5-15(6-4-2)8-11-13(9-14-10-13)7-12(16)17-11/h11,14H,3-10H2,1-2H3. The highest BCUT2D eigenvalue weighted by atomic mass is 16.6. The average molecular weight is 240 g/mol. The summed E-state index contributed by atoms with van der Waals surface area (Å²) in [6, 6.07) is 0. The molecule has 2 rings (SSSR count). The first-order valence-electron chi connectivity index (χ1n) is 6.83. The predicted molar refractivity (Wildman–Crippen MR) is 66.8 cm³/mol. The van der Waals surface area contributed by atoms with Crippen molar-refractivity contribution in [2.75, 3.05) is 32.7 Å². The maximum atomic E-state index is 11.5. The SMILES string of the molecule is CCCN(CCC)CC1OC(=O)CC12CNC2. The Morgan fingerprint density at radius 2 is 2.00 bits per heavy atom. The highest BCUT2D eigenvalue weighted by Crippen LogP contribution is 2.39. The summed E-state index contributed by atoms with van der Waals surface area (Å²) in [5, 5.41) is 3.28. The van der Waals surface area contributed by atoms with Crippen LogP contribution >= 0.6 is 0 Å². The second kappa shape index (κ2) is 5.36. The van der Waals surface area contributed by atoms with Crippen molar-refractivity contribution in [2.24, 2.45) is 5.41 Å². The third-order valence-electron chi connectivity index (χ3n) is 3.91. The summed E-state index contributed by atoms with van der Waals surface area (Å²) in [6.07, 6.45) is 3.03. The second-order valence-corrected chi connectivity index (χ2v) is 5.42. The summed E-state index contributed by atoms with van der Waals surface area (Å²) < 4.78 is 5.52. The fourth-order valence-corrected chi connectivity index (χ4v) is 2.92. The molecular weight excluding hydrogens is 216 g/mol. The third-order valence-corrected chi connectivity index (χ3v) is 3.91. The topological polar surface area (TPSA) is 41.6 Å². The van der Waals surface area contributed by atoms with Gasteiger partial charge >= 0.3 is 5.97 Å². The minimum absolute atomic E-state index is 0.00977. The van der Waals surface area contributed by atoms with Crippen LogP contribution in [-0.4, -0.2) is 49.7 Å². The number of cyclic esters (lactones) is 1. The van der Waals surface area contributed by atoms with Gasteiger partial charge in [0, 0.05) is 25.0 Å². The van der Waals surface area contributed by atoms with Crippen molar-refractivity contribution in [1.29, 1.82) is 0 Å². The van der Waals surface area contributed by atoms with Gasteiger partial charge < -0.3 is 10.1 Å². The summed E-state index contributed by atoms with van der Waals surface area (Å²) in [7, 11) is 0. The number of esters is 1. The van der Waals surface area contributed by atoms with Crippen molar-refractivity contribution < 1.29 is 9.53 Å². The van der Waals surface area contributed by atoms with E-state index in [1.807, 2.05) is 0 Å². The molecule has 0 aromatic rings. The van der Waals surface area contributed by atoms with Crippen molar-refractivity contribution in [3.63, 3.8) is 0 Å². The molecule has 0 aromatic heterocycles. The van der Waals surface area contributed by atoms with Crippen LogP contribution in [-0.2, 0) is 9.53 Å². The summed E-state index contributed by atoms with van der Waals surface area (Å²) in [6.45, 7) is 9.39. The first-order valence-corrected chi connectivity index (χ1v) is 6.83. The van der Waals surface area contributed by atoms with Crippen LogP contribution in [0.1, 0.15) is 33.1 Å². The van der Waals surface area contributed by atoms with Crippen LogP contribution in [0.2, 0.25) is 0 Å². The summed E-state index contributed by atoms with van der Waals surface area (Å²) in [4.78, 5) is 13.9. The van der Waals surface area contributed by atoms with Gasteiger partial charge in [-0.25, -0.2) is 0 Å². The van der Waals surface area contributed by atoms with Gasteiger partial charge in [-0.1, -0.05) is 13.8 Å². The van der Waals surface area contributed by atoms with Crippen LogP contribution in [0.25, 0.3) is 0 Å². The van der Waals surface area contributed by atoms with Gasteiger partial charge in [-0.3, -0.25) is 9.69 Å². The van der Waals surface area contributed by atoms with Crippen LogP contribution in [0, 0.1) is 5.41 Å². The summed E-state index contributed by atoms with van der Waals surface area (Å²) in [5.41, 5.74) is 0.108. The Morgan fingerprint density at radius 3 is 2.47 bits per heavy atom. The van der Waals surface area contributed by atoms with Gasteiger partial charge in [0.1, 0.15) is 6.10 Å². The van der Waals surface area contributed by atoms with Gasteiger partial charge in [-0.15, -0.1) is 0 Å². The fraction of sp³-hybridized carbons (Fsp3) is 0.923. The zero-order valence-corrected chi connectivity index (χ0v) is 11.0. The number of hydrogen-bond acceptors (Lipinski definition) is 4. The van der Waals surface area contributed by atoms with Crippen LogP contribution in [0.4, 0.5) is 0 Å². The predicted octanol–water partition coefficient (Wildman–Crippen LogP) is 1.01. The molecule has 0 radical (unpaired) electrons. The molecule has 1 atom stereocenters. The van der Waals surface area contributed by atoms with Crippen LogP contribution in [0.5, 0.6) is 0 Å². The molecule has 0 saturated carbocycles. The molecule has 0 amide bonds. The van der Waals surface area contributed by atoms with Crippen LogP contribution in [0.15, 0.2) is 0 Å². The molecule has 2 heterocycles. The first kappa shape index (κ1) is 12.8. The quantitative estimate of drug-likeness (QED) is 0.704. The van der Waals surface area contributed by atoms with E-state index < -0.39 is 0 Å². The Labute approximate surface area is 104 Å². The largest absolute Gasteiger partial charge is 0.460 e. The number of carbonyl (C=O) groups is 1. The highest BCUT2D eigenvalue weighted by molar-refractivity contribution is 5.73. The van der Waals surface area contributed by atoms with E-state index in [2.05, 4.69) is 24.1 Å². The van der Waals surface area contributed by atoms with Crippen molar-refractivity contribution >= 4 is 5.97 Å². The smallest absolute Gasteiger partial charge is 0.306 e. The lowest BCUT2D eigenvalue weighted by molar-refractivity contribution is -0.142. The monoisotopic (exact) mass is 240 g/mol. The molecule has 17 heavy (non-hydrogen) atoms. The Bertz CT molecular complexity index is 271. The zero-order valence-electron chi connectivity index (χ0n) is 11.0. The van der Waals surface area contributed by atoms with Gasteiger partial charge in [0.15, 0.2) is 0 Å². The Morgan fingerprint density at radius 1 is 1.35 bits per heavy atom. The van der Waals surface area contributed by atoms with Crippen LogP contribution in [0.3, 0.4) is 0 Å². The van der Waals surface area contributed by atoms with Crippen molar-refractivity contribution in [3.05, 3.63) is 0 Å². The molecule has 2 fully saturated rings. The number of carbonyl (C=O) groups excluding carboxylic acids is 1. The molecule has 2 saturated heterocycles. The molecule has 0 bridgehead atoms. The minimum atomic E-state index is -0.00977. The minimum Gasteiger partial charge on any atom is -0.460 e. The summed E-state index contributed by atoms with van der Waals surface area (Å²) >= 11 is 0. The number of nitrogens with one attached hydrogen (secondary N) is 1. The maximum absolute atomic E-state index is 11.5. The molecule has 1 spiro atoms. The van der Waals surface area contributed by atoms with Gasteiger partial charge in [0.2, 0.25) is 0 Å². The third kappa shape index (κ3) is 2.63. The lowest BCUT2D eigenvalue weighted by Gasteiger charge is -2.42. The molecule has 1 N–H and O–H groups in total. The maximum Gasteiger partial charge on any atom is 0.306 e. The van der Waals surface area contributed by atoms with Gasteiger partial charge in [-0.05, 0) is 25.9 Å². The molecule has 4 nitrogen and oxygen atoms in total. The number of rotatable bonds is 6. The Balaban J connectivity index is 1.93. The van der Waals surface area contributed by atoms with Gasteiger partial charge in [-0.2, -0.15) is 0 Å². The van der Waals surface area contributed by atoms with E-state index in [1.165, 1.54) is 0 Å². The lowest BCUT2D eigenvalue weighted by atomic mass is 9.75. The van der Waals surface area contributed by atoms with Crippen LogP contribution < -0.4 is 5.32 Å². The van der Waals surface area contributed by atoms with Crippen molar-refractivity contribution in [2.45, 2.75) is 39.2 Å². The average Bonchev–Trinajstić information content (AvgIpc) is 2.55. The number of nitrogens with zero attached hydrogens (tertiary/aromatic N) is 1. The molecule has 0 aliphatic carbocycles. The van der Waals surface area contributed by atoms with E-state index in [-0.39, 0.29) is 17.5 Å². The second-order valence-electron chi connectivity index (χ2n) is 5.42. The fourth-order valence-electron chi connectivity index (χ4n) is 2.92. The van der Waals surface area contributed by atoms with E-state index in [9.17, 15) is 4.79 Å². The van der Waals surface area contributed by atoms with Crippen molar-refractivity contribution in [1.82, 2.24) is 10.2 Å².